The lowest BCUT2D eigenvalue weighted by molar-refractivity contribution is -0.122. The lowest BCUT2D eigenvalue weighted by atomic mass is 10.1. The number of esters is 1. The molecule has 2 aliphatic heterocycles. The van der Waals surface area contributed by atoms with Gasteiger partial charge in [0.05, 0.1) is 17.9 Å². The fourth-order valence-electron chi connectivity index (χ4n) is 3.63. The van der Waals surface area contributed by atoms with Gasteiger partial charge in [0.25, 0.3) is 11.8 Å². The van der Waals surface area contributed by atoms with Crippen molar-refractivity contribution in [3.05, 3.63) is 71.5 Å². The van der Waals surface area contributed by atoms with E-state index in [2.05, 4.69) is 5.32 Å². The fraction of sp³-hybridized carbons (Fsp3) is 0.120. The number of hydrogen-bond donors (Lipinski definition) is 1. The average Bonchev–Trinajstić information content (AvgIpc) is 3.51. The minimum atomic E-state index is -0.877. The molecule has 1 N–H and O–H groups in total. The zero-order chi connectivity index (χ0) is 24.5. The molecule has 1 fully saturated rings. The smallest absolute Gasteiger partial charge is 0.338 e. The molecule has 5 rings (SSSR count). The summed E-state index contributed by atoms with van der Waals surface area (Å²) in [7, 11) is 0. The van der Waals surface area contributed by atoms with Crippen molar-refractivity contribution in [1.29, 1.82) is 0 Å². The SMILES string of the molecule is CCOC(=O)c1ccc(-c2ccc(/C=C3/C(=O)NC(=O)N(c4ccc5c(c4)OCO5)C3=O)o2)cc1. The third kappa shape index (κ3) is 4.12. The third-order valence-corrected chi connectivity index (χ3v) is 5.31. The summed E-state index contributed by atoms with van der Waals surface area (Å²) in [6.45, 7) is 2.04. The molecule has 3 heterocycles. The van der Waals surface area contributed by atoms with Gasteiger partial charge in [-0.1, -0.05) is 12.1 Å². The summed E-state index contributed by atoms with van der Waals surface area (Å²) >= 11 is 0. The van der Waals surface area contributed by atoms with Crippen molar-refractivity contribution < 1.29 is 37.8 Å². The summed E-state index contributed by atoms with van der Waals surface area (Å²) in [6.07, 6.45) is 1.26. The molecule has 10 heteroatoms. The van der Waals surface area contributed by atoms with Crippen LogP contribution >= 0.6 is 0 Å². The highest BCUT2D eigenvalue weighted by Crippen LogP contribution is 2.36. The Morgan fingerprint density at radius 1 is 1.03 bits per heavy atom. The van der Waals surface area contributed by atoms with E-state index >= 15 is 0 Å². The molecule has 10 nitrogen and oxygen atoms in total. The molecule has 2 aliphatic rings. The fourth-order valence-corrected chi connectivity index (χ4v) is 3.63. The summed E-state index contributed by atoms with van der Waals surface area (Å²) in [4.78, 5) is 50.6. The minimum Gasteiger partial charge on any atom is -0.462 e. The van der Waals surface area contributed by atoms with Gasteiger partial charge in [-0.25, -0.2) is 14.5 Å². The van der Waals surface area contributed by atoms with Crippen LogP contribution in [-0.2, 0) is 14.3 Å². The first-order valence-electron chi connectivity index (χ1n) is 10.6. The predicted octanol–water partition coefficient (Wildman–Crippen LogP) is 3.52. The zero-order valence-electron chi connectivity index (χ0n) is 18.4. The Kier molecular flexibility index (Phi) is 5.54. The topological polar surface area (TPSA) is 124 Å². The van der Waals surface area contributed by atoms with Crippen LogP contribution in [0.4, 0.5) is 10.5 Å². The van der Waals surface area contributed by atoms with E-state index in [0.717, 1.165) is 4.90 Å². The second-order valence-corrected chi connectivity index (χ2v) is 7.50. The Morgan fingerprint density at radius 2 is 1.80 bits per heavy atom. The van der Waals surface area contributed by atoms with Gasteiger partial charge in [-0.15, -0.1) is 0 Å². The lowest BCUT2D eigenvalue weighted by Gasteiger charge is -2.26. The van der Waals surface area contributed by atoms with Crippen LogP contribution < -0.4 is 19.7 Å². The molecule has 1 saturated heterocycles. The van der Waals surface area contributed by atoms with Gasteiger partial charge in [0.1, 0.15) is 17.1 Å². The number of anilines is 1. The van der Waals surface area contributed by atoms with Crippen molar-refractivity contribution in [2.45, 2.75) is 6.92 Å². The molecule has 3 aromatic rings. The second kappa shape index (κ2) is 8.82. The number of fused-ring (bicyclic) bond motifs is 1. The monoisotopic (exact) mass is 474 g/mol. The van der Waals surface area contributed by atoms with E-state index < -0.39 is 23.8 Å². The number of nitrogens with zero attached hydrogens (tertiary/aromatic N) is 1. The van der Waals surface area contributed by atoms with E-state index in [1.807, 2.05) is 0 Å². The molecule has 0 spiro atoms. The van der Waals surface area contributed by atoms with Crippen molar-refractivity contribution in [2.24, 2.45) is 0 Å². The van der Waals surface area contributed by atoms with Crippen LogP contribution in [0.3, 0.4) is 0 Å². The summed E-state index contributed by atoms with van der Waals surface area (Å²) in [5, 5.41) is 2.16. The first-order valence-corrected chi connectivity index (χ1v) is 10.6. The van der Waals surface area contributed by atoms with Gasteiger partial charge >= 0.3 is 12.0 Å². The molecule has 176 valence electrons. The molecule has 0 unspecified atom stereocenters. The van der Waals surface area contributed by atoms with E-state index in [1.165, 1.54) is 18.2 Å². The maximum atomic E-state index is 13.1. The van der Waals surface area contributed by atoms with Gasteiger partial charge in [-0.05, 0) is 49.4 Å². The molecule has 2 aromatic carbocycles. The van der Waals surface area contributed by atoms with Crippen LogP contribution in [0.25, 0.3) is 17.4 Å². The molecule has 0 bridgehead atoms. The van der Waals surface area contributed by atoms with Gasteiger partial charge in [-0.3, -0.25) is 14.9 Å². The summed E-state index contributed by atoms with van der Waals surface area (Å²) in [6, 6.07) is 13.6. The van der Waals surface area contributed by atoms with E-state index in [9.17, 15) is 19.2 Å². The highest BCUT2D eigenvalue weighted by atomic mass is 16.7. The molecule has 0 atom stereocenters. The number of ether oxygens (including phenoxy) is 3. The Bertz CT molecular complexity index is 1390. The van der Waals surface area contributed by atoms with Crippen LogP contribution in [0, 0.1) is 0 Å². The number of hydrogen-bond acceptors (Lipinski definition) is 8. The zero-order valence-corrected chi connectivity index (χ0v) is 18.4. The molecule has 0 aliphatic carbocycles. The quantitative estimate of drug-likeness (QED) is 0.338. The lowest BCUT2D eigenvalue weighted by Crippen LogP contribution is -2.54. The Morgan fingerprint density at radius 3 is 2.57 bits per heavy atom. The molecular formula is C25H18N2O8. The summed E-state index contributed by atoms with van der Waals surface area (Å²) in [5.74, 6) is -0.512. The molecule has 35 heavy (non-hydrogen) atoms. The van der Waals surface area contributed by atoms with Crippen LogP contribution in [0.2, 0.25) is 0 Å². The number of imide groups is 2. The highest BCUT2D eigenvalue weighted by molar-refractivity contribution is 6.39. The van der Waals surface area contributed by atoms with Crippen LogP contribution in [0.15, 0.2) is 64.6 Å². The van der Waals surface area contributed by atoms with Gasteiger partial charge < -0.3 is 18.6 Å². The standard InChI is InChI=1S/C25H18N2O8/c1-2-32-24(30)15-5-3-14(4-6-15)19-10-8-17(35-19)12-18-22(28)26-25(31)27(23(18)29)16-7-9-20-21(11-16)34-13-33-20/h3-12H,2,13H2,1H3,(H,26,28,31)/b18-12-. The molecule has 0 radical (unpaired) electrons. The van der Waals surface area contributed by atoms with E-state index in [0.29, 0.717) is 28.4 Å². The minimum absolute atomic E-state index is 0.0367. The first-order chi connectivity index (χ1) is 16.9. The van der Waals surface area contributed by atoms with E-state index in [1.54, 1.807) is 49.4 Å². The first kappa shape index (κ1) is 22.0. The van der Waals surface area contributed by atoms with Gasteiger partial charge in [0, 0.05) is 11.6 Å². The number of amides is 4. The molecule has 1 aromatic heterocycles. The van der Waals surface area contributed by atoms with Crippen LogP contribution in [-0.4, -0.2) is 37.2 Å². The third-order valence-electron chi connectivity index (χ3n) is 5.31. The number of carbonyl (C=O) groups excluding carboxylic acids is 4. The van der Waals surface area contributed by atoms with Crippen molar-refractivity contribution >= 4 is 35.6 Å². The molecule has 4 amide bonds. The normalized spacial score (nSPS) is 16.0. The Balaban J connectivity index is 1.40. The van der Waals surface area contributed by atoms with Gasteiger partial charge in [-0.2, -0.15) is 0 Å². The van der Waals surface area contributed by atoms with Crippen molar-refractivity contribution in [3.63, 3.8) is 0 Å². The number of furan rings is 1. The van der Waals surface area contributed by atoms with Crippen molar-refractivity contribution in [3.8, 4) is 22.8 Å². The maximum absolute atomic E-state index is 13.1. The predicted molar refractivity (Wildman–Crippen MR) is 122 cm³/mol. The Labute approximate surface area is 198 Å². The Hall–Kier alpha value is -4.86. The summed E-state index contributed by atoms with van der Waals surface area (Å²) in [5.41, 5.74) is 1.03. The second-order valence-electron chi connectivity index (χ2n) is 7.50. The molecule has 0 saturated carbocycles. The van der Waals surface area contributed by atoms with Crippen LogP contribution in [0.5, 0.6) is 11.5 Å². The van der Waals surface area contributed by atoms with Gasteiger partial charge in [0.15, 0.2) is 11.5 Å². The number of nitrogens with one attached hydrogen (secondary N) is 1. The number of carbonyl (C=O) groups is 4. The van der Waals surface area contributed by atoms with Crippen molar-refractivity contribution in [1.82, 2.24) is 5.32 Å². The average molecular weight is 474 g/mol. The van der Waals surface area contributed by atoms with E-state index in [4.69, 9.17) is 18.6 Å². The summed E-state index contributed by atoms with van der Waals surface area (Å²) < 4.78 is 21.3. The van der Waals surface area contributed by atoms with Crippen LogP contribution in [0.1, 0.15) is 23.0 Å². The maximum Gasteiger partial charge on any atom is 0.338 e. The molecular weight excluding hydrogens is 456 g/mol. The number of rotatable bonds is 5. The highest BCUT2D eigenvalue weighted by Gasteiger charge is 2.37. The van der Waals surface area contributed by atoms with Crippen molar-refractivity contribution in [2.75, 3.05) is 18.3 Å². The number of urea groups is 1. The number of benzene rings is 2. The van der Waals surface area contributed by atoms with Gasteiger partial charge in [0.2, 0.25) is 6.79 Å². The van der Waals surface area contributed by atoms with E-state index in [-0.39, 0.29) is 30.4 Å². The largest absolute Gasteiger partial charge is 0.462 e. The number of barbiturate groups is 1.